The van der Waals surface area contributed by atoms with Gasteiger partial charge in [-0.2, -0.15) is 0 Å². The SMILES string of the molecule is CCOc1ccccc1N(Cc1cccc(C)c1)S(C)(=O)=O. The van der Waals surface area contributed by atoms with Crippen LogP contribution < -0.4 is 9.04 Å². The summed E-state index contributed by atoms with van der Waals surface area (Å²) in [5.74, 6) is 0.572. The van der Waals surface area contributed by atoms with Crippen LogP contribution in [0.4, 0.5) is 5.69 Å². The van der Waals surface area contributed by atoms with E-state index in [0.29, 0.717) is 18.0 Å². The fourth-order valence-electron chi connectivity index (χ4n) is 2.30. The summed E-state index contributed by atoms with van der Waals surface area (Å²) in [5.41, 5.74) is 2.61. The zero-order chi connectivity index (χ0) is 16.2. The second-order valence-electron chi connectivity index (χ2n) is 5.16. The van der Waals surface area contributed by atoms with Crippen LogP contribution in [0.25, 0.3) is 0 Å². The summed E-state index contributed by atoms with van der Waals surface area (Å²) in [6.45, 7) is 4.63. The minimum absolute atomic E-state index is 0.282. The predicted molar refractivity (Wildman–Crippen MR) is 89.8 cm³/mol. The maximum Gasteiger partial charge on any atom is 0.232 e. The normalized spacial score (nSPS) is 11.2. The molecule has 5 heteroatoms. The van der Waals surface area contributed by atoms with Crippen LogP contribution in [0.2, 0.25) is 0 Å². The van der Waals surface area contributed by atoms with E-state index in [-0.39, 0.29) is 6.54 Å². The quantitative estimate of drug-likeness (QED) is 0.820. The Kier molecular flexibility index (Phi) is 5.08. The highest BCUT2D eigenvalue weighted by molar-refractivity contribution is 7.92. The fraction of sp³-hybridized carbons (Fsp3) is 0.294. The summed E-state index contributed by atoms with van der Waals surface area (Å²) >= 11 is 0. The van der Waals surface area contributed by atoms with Crippen molar-refractivity contribution < 1.29 is 13.2 Å². The summed E-state index contributed by atoms with van der Waals surface area (Å²) in [7, 11) is -3.42. The second kappa shape index (κ2) is 6.83. The van der Waals surface area contributed by atoms with Crippen LogP contribution in [0.3, 0.4) is 0 Å². The van der Waals surface area contributed by atoms with E-state index in [4.69, 9.17) is 4.74 Å². The molecule has 0 fully saturated rings. The predicted octanol–water partition coefficient (Wildman–Crippen LogP) is 3.36. The van der Waals surface area contributed by atoms with Crippen molar-refractivity contribution in [2.24, 2.45) is 0 Å². The van der Waals surface area contributed by atoms with Crippen molar-refractivity contribution in [1.82, 2.24) is 0 Å². The van der Waals surface area contributed by atoms with Crippen LogP contribution >= 0.6 is 0 Å². The van der Waals surface area contributed by atoms with Crippen LogP contribution in [-0.4, -0.2) is 21.3 Å². The summed E-state index contributed by atoms with van der Waals surface area (Å²) in [4.78, 5) is 0. The van der Waals surface area contributed by atoms with Crippen molar-refractivity contribution in [3.8, 4) is 5.75 Å². The third-order valence-corrected chi connectivity index (χ3v) is 4.37. The topological polar surface area (TPSA) is 46.6 Å². The molecule has 0 aromatic heterocycles. The fourth-order valence-corrected chi connectivity index (χ4v) is 3.19. The average Bonchev–Trinajstić information content (AvgIpc) is 2.45. The first-order valence-electron chi connectivity index (χ1n) is 7.17. The van der Waals surface area contributed by atoms with Crippen LogP contribution in [0.1, 0.15) is 18.1 Å². The zero-order valence-corrected chi connectivity index (χ0v) is 13.9. The Labute approximate surface area is 132 Å². The molecule has 0 N–H and O–H groups in total. The number of benzene rings is 2. The molecule has 2 rings (SSSR count). The third-order valence-electron chi connectivity index (χ3n) is 3.24. The van der Waals surface area contributed by atoms with E-state index in [1.165, 1.54) is 10.6 Å². The molecule has 4 nitrogen and oxygen atoms in total. The van der Waals surface area contributed by atoms with Crippen LogP contribution in [-0.2, 0) is 16.6 Å². The molecule has 0 unspecified atom stereocenters. The van der Waals surface area contributed by atoms with E-state index in [9.17, 15) is 8.42 Å². The number of aryl methyl sites for hydroxylation is 1. The number of hydrogen-bond acceptors (Lipinski definition) is 3. The van der Waals surface area contributed by atoms with Gasteiger partial charge in [-0.05, 0) is 31.5 Å². The van der Waals surface area contributed by atoms with Crippen LogP contribution in [0, 0.1) is 6.92 Å². The van der Waals surface area contributed by atoms with Crippen molar-refractivity contribution in [2.45, 2.75) is 20.4 Å². The second-order valence-corrected chi connectivity index (χ2v) is 7.07. The highest BCUT2D eigenvalue weighted by Crippen LogP contribution is 2.31. The monoisotopic (exact) mass is 319 g/mol. The number of anilines is 1. The largest absolute Gasteiger partial charge is 0.492 e. The van der Waals surface area contributed by atoms with Gasteiger partial charge in [-0.1, -0.05) is 42.0 Å². The lowest BCUT2D eigenvalue weighted by atomic mass is 10.1. The molecule has 0 aliphatic rings. The number of para-hydroxylation sites is 2. The number of nitrogens with zero attached hydrogens (tertiary/aromatic N) is 1. The van der Waals surface area contributed by atoms with Gasteiger partial charge in [0, 0.05) is 0 Å². The van der Waals surface area contributed by atoms with Gasteiger partial charge in [-0.15, -0.1) is 0 Å². The van der Waals surface area contributed by atoms with E-state index >= 15 is 0 Å². The maximum absolute atomic E-state index is 12.2. The molecule has 0 aliphatic carbocycles. The molecule has 2 aromatic carbocycles. The Hall–Kier alpha value is -2.01. The smallest absolute Gasteiger partial charge is 0.232 e. The highest BCUT2D eigenvalue weighted by atomic mass is 32.2. The number of sulfonamides is 1. The summed E-state index contributed by atoms with van der Waals surface area (Å²) < 4.78 is 31.4. The molecule has 0 atom stereocenters. The van der Waals surface area contributed by atoms with E-state index in [1.807, 2.05) is 50.2 Å². The maximum atomic E-state index is 12.2. The summed E-state index contributed by atoms with van der Waals surface area (Å²) in [5, 5.41) is 0. The van der Waals surface area contributed by atoms with Gasteiger partial charge in [-0.3, -0.25) is 4.31 Å². The number of hydrogen-bond donors (Lipinski definition) is 0. The highest BCUT2D eigenvalue weighted by Gasteiger charge is 2.21. The average molecular weight is 319 g/mol. The van der Waals surface area contributed by atoms with Crippen molar-refractivity contribution >= 4 is 15.7 Å². The van der Waals surface area contributed by atoms with E-state index in [2.05, 4.69) is 0 Å². The molecular weight excluding hydrogens is 298 g/mol. The van der Waals surface area contributed by atoms with Gasteiger partial charge in [0.05, 0.1) is 25.1 Å². The van der Waals surface area contributed by atoms with Crippen LogP contribution in [0.5, 0.6) is 5.75 Å². The van der Waals surface area contributed by atoms with E-state index in [0.717, 1.165) is 11.1 Å². The van der Waals surface area contributed by atoms with Crippen molar-refractivity contribution in [3.63, 3.8) is 0 Å². The molecule has 2 aromatic rings. The lowest BCUT2D eigenvalue weighted by Crippen LogP contribution is -2.29. The number of rotatable bonds is 6. The molecule has 118 valence electrons. The van der Waals surface area contributed by atoms with Gasteiger partial charge in [0.1, 0.15) is 5.75 Å². The van der Waals surface area contributed by atoms with Gasteiger partial charge >= 0.3 is 0 Å². The number of ether oxygens (including phenoxy) is 1. The first-order chi connectivity index (χ1) is 10.4. The molecule has 0 aliphatic heterocycles. The molecule has 0 spiro atoms. The Morgan fingerprint density at radius 3 is 2.45 bits per heavy atom. The molecule has 0 saturated carbocycles. The lowest BCUT2D eigenvalue weighted by molar-refractivity contribution is 0.341. The molecule has 0 amide bonds. The van der Waals surface area contributed by atoms with Gasteiger partial charge in [0.2, 0.25) is 10.0 Å². The Morgan fingerprint density at radius 2 is 1.82 bits per heavy atom. The molecule has 0 bridgehead atoms. The third kappa shape index (κ3) is 4.01. The van der Waals surface area contributed by atoms with E-state index < -0.39 is 10.0 Å². The van der Waals surface area contributed by atoms with Crippen LogP contribution in [0.15, 0.2) is 48.5 Å². The van der Waals surface area contributed by atoms with Gasteiger partial charge < -0.3 is 4.74 Å². The Morgan fingerprint density at radius 1 is 1.09 bits per heavy atom. The first-order valence-corrected chi connectivity index (χ1v) is 9.01. The Bertz CT molecular complexity index is 741. The standard InChI is InChI=1S/C17H21NO3S/c1-4-21-17-11-6-5-10-16(17)18(22(3,19)20)13-15-9-7-8-14(2)12-15/h5-12H,4,13H2,1-3H3. The summed E-state index contributed by atoms with van der Waals surface area (Å²) in [6.07, 6.45) is 1.21. The lowest BCUT2D eigenvalue weighted by Gasteiger charge is -2.24. The first kappa shape index (κ1) is 16.4. The van der Waals surface area contributed by atoms with Gasteiger partial charge in [0.15, 0.2) is 0 Å². The zero-order valence-electron chi connectivity index (χ0n) is 13.1. The van der Waals surface area contributed by atoms with E-state index in [1.54, 1.807) is 12.1 Å². The molecule has 0 saturated heterocycles. The molecule has 0 heterocycles. The molecule has 0 radical (unpaired) electrons. The van der Waals surface area contributed by atoms with Gasteiger partial charge in [0.25, 0.3) is 0 Å². The minimum atomic E-state index is -3.42. The summed E-state index contributed by atoms with van der Waals surface area (Å²) in [6, 6.07) is 15.0. The van der Waals surface area contributed by atoms with Crippen molar-refractivity contribution in [1.29, 1.82) is 0 Å². The van der Waals surface area contributed by atoms with Gasteiger partial charge in [-0.25, -0.2) is 8.42 Å². The molecular formula is C17H21NO3S. The Balaban J connectivity index is 2.44. The minimum Gasteiger partial charge on any atom is -0.492 e. The van der Waals surface area contributed by atoms with Crippen molar-refractivity contribution in [3.05, 3.63) is 59.7 Å². The van der Waals surface area contributed by atoms with Crippen molar-refractivity contribution in [2.75, 3.05) is 17.2 Å². The molecule has 22 heavy (non-hydrogen) atoms.